The Kier molecular flexibility index (Phi) is 5.73. The zero-order valence-corrected chi connectivity index (χ0v) is 16.7. The Bertz CT molecular complexity index is 899. The van der Waals surface area contributed by atoms with E-state index in [1.807, 2.05) is 0 Å². The van der Waals surface area contributed by atoms with E-state index in [4.69, 9.17) is 21.1 Å². The molecule has 4 nitrogen and oxygen atoms in total. The molecule has 160 valence electrons. The summed E-state index contributed by atoms with van der Waals surface area (Å²) in [7, 11) is 0. The fourth-order valence-electron chi connectivity index (χ4n) is 3.37. The number of anilines is 1. The Balaban J connectivity index is 2.24. The molecule has 0 amide bonds. The summed E-state index contributed by atoms with van der Waals surface area (Å²) in [6.07, 6.45) is -4.64. The highest BCUT2D eigenvalue weighted by Crippen LogP contribution is 2.47. The Morgan fingerprint density at radius 3 is 2.52 bits per heavy atom. The molecule has 0 radical (unpaired) electrons. The Morgan fingerprint density at radius 1 is 1.28 bits per heavy atom. The summed E-state index contributed by atoms with van der Waals surface area (Å²) >= 11 is 5.12. The molecule has 1 aromatic carbocycles. The standard InChI is InChI=1S/C19H20ClF5N2O2/c1-4-11-8-28-17-14(27(11)9-18(20,21)22)6-5-13-16(17)12(19(23,24)25)7-15(26-13)29-10(2)3/h5-7,10-11H,4,8-9H2,1-3H3/t11-/m1/s1. The third kappa shape index (κ3) is 4.60. The summed E-state index contributed by atoms with van der Waals surface area (Å²) < 4.78 is 79.5. The highest BCUT2D eigenvalue weighted by molar-refractivity contribution is 6.22. The smallest absolute Gasteiger partial charge is 0.417 e. The fraction of sp³-hybridized carbons (Fsp3) is 0.526. The lowest BCUT2D eigenvalue weighted by Crippen LogP contribution is -2.47. The van der Waals surface area contributed by atoms with Gasteiger partial charge in [-0.05, 0) is 44.0 Å². The van der Waals surface area contributed by atoms with Crippen molar-refractivity contribution in [3.8, 4) is 11.6 Å². The fourth-order valence-corrected chi connectivity index (χ4v) is 3.50. The molecule has 1 atom stereocenters. The molecule has 0 unspecified atom stereocenters. The highest BCUT2D eigenvalue weighted by atomic mass is 35.5. The summed E-state index contributed by atoms with van der Waals surface area (Å²) in [6.45, 7) is 4.22. The number of hydrogen-bond acceptors (Lipinski definition) is 4. The molecule has 1 aromatic heterocycles. The molecule has 2 heterocycles. The molecule has 0 fully saturated rings. The summed E-state index contributed by atoms with van der Waals surface area (Å²) in [5, 5.41) is -3.83. The summed E-state index contributed by atoms with van der Waals surface area (Å²) in [5.74, 6) is -0.310. The third-order valence-corrected chi connectivity index (χ3v) is 4.66. The van der Waals surface area contributed by atoms with Crippen LogP contribution in [-0.4, -0.2) is 35.7 Å². The van der Waals surface area contributed by atoms with Crippen LogP contribution in [0.5, 0.6) is 11.6 Å². The Labute approximate surface area is 169 Å². The topological polar surface area (TPSA) is 34.6 Å². The molecule has 3 rings (SSSR count). The minimum absolute atomic E-state index is 0.00163. The molecule has 0 saturated heterocycles. The lowest BCUT2D eigenvalue weighted by atomic mass is 10.0. The maximum Gasteiger partial charge on any atom is 0.417 e. The molecule has 0 spiro atoms. The molecule has 29 heavy (non-hydrogen) atoms. The van der Waals surface area contributed by atoms with Crippen molar-refractivity contribution in [2.24, 2.45) is 0 Å². The molecule has 0 bridgehead atoms. The number of rotatable bonds is 5. The van der Waals surface area contributed by atoms with Crippen LogP contribution in [0.2, 0.25) is 0 Å². The maximum atomic E-state index is 13.8. The van der Waals surface area contributed by atoms with Crippen molar-refractivity contribution in [3.05, 3.63) is 23.8 Å². The monoisotopic (exact) mass is 438 g/mol. The van der Waals surface area contributed by atoms with E-state index in [1.54, 1.807) is 20.8 Å². The Hall–Kier alpha value is -2.03. The van der Waals surface area contributed by atoms with Crippen molar-refractivity contribution in [1.29, 1.82) is 0 Å². The van der Waals surface area contributed by atoms with Crippen LogP contribution in [0.15, 0.2) is 18.2 Å². The van der Waals surface area contributed by atoms with Crippen molar-refractivity contribution in [1.82, 2.24) is 4.98 Å². The maximum absolute atomic E-state index is 13.8. The Morgan fingerprint density at radius 2 is 1.97 bits per heavy atom. The van der Waals surface area contributed by atoms with Crippen molar-refractivity contribution >= 4 is 28.2 Å². The quantitative estimate of drug-likeness (QED) is 0.433. The predicted molar refractivity (Wildman–Crippen MR) is 100 cm³/mol. The van der Waals surface area contributed by atoms with Gasteiger partial charge in [-0.1, -0.05) is 6.92 Å². The van der Waals surface area contributed by atoms with Crippen LogP contribution in [0.25, 0.3) is 10.9 Å². The number of pyridine rings is 1. The first kappa shape index (κ1) is 21.7. The third-order valence-electron chi connectivity index (χ3n) is 4.54. The van der Waals surface area contributed by atoms with E-state index in [1.165, 1.54) is 17.0 Å². The molecular formula is C19H20ClF5N2O2. The van der Waals surface area contributed by atoms with Crippen LogP contribution in [0.4, 0.5) is 27.6 Å². The van der Waals surface area contributed by atoms with Crippen LogP contribution < -0.4 is 14.4 Å². The first-order chi connectivity index (χ1) is 13.4. The van der Waals surface area contributed by atoms with Crippen molar-refractivity contribution in [3.63, 3.8) is 0 Å². The second-order valence-corrected chi connectivity index (χ2v) is 7.65. The second-order valence-electron chi connectivity index (χ2n) is 7.10. The van der Waals surface area contributed by atoms with E-state index < -0.39 is 29.7 Å². The van der Waals surface area contributed by atoms with E-state index in [0.717, 1.165) is 6.07 Å². The van der Waals surface area contributed by atoms with Gasteiger partial charge in [0.1, 0.15) is 6.61 Å². The molecule has 1 aliphatic heterocycles. The second kappa shape index (κ2) is 7.66. The minimum atomic E-state index is -4.72. The van der Waals surface area contributed by atoms with Gasteiger partial charge in [0.2, 0.25) is 5.88 Å². The SMILES string of the molecule is CC[C@@H]1COc2c(ccc3nc(OC(C)C)cc(C(F)(F)F)c23)N1CC(F)(F)Cl. The van der Waals surface area contributed by atoms with Crippen LogP contribution in [0, 0.1) is 0 Å². The molecule has 0 aliphatic carbocycles. The number of ether oxygens (including phenoxy) is 2. The van der Waals surface area contributed by atoms with E-state index in [9.17, 15) is 22.0 Å². The zero-order chi connectivity index (χ0) is 21.6. The largest absolute Gasteiger partial charge is 0.489 e. The van der Waals surface area contributed by atoms with Crippen molar-refractivity contribution in [2.45, 2.75) is 50.9 Å². The average molecular weight is 439 g/mol. The first-order valence-corrected chi connectivity index (χ1v) is 9.46. The normalized spacial score (nSPS) is 17.4. The minimum Gasteiger partial charge on any atom is -0.489 e. The molecule has 0 saturated carbocycles. The van der Waals surface area contributed by atoms with Gasteiger partial charge in [-0.25, -0.2) is 4.98 Å². The number of hydrogen-bond donors (Lipinski definition) is 0. The first-order valence-electron chi connectivity index (χ1n) is 9.08. The number of fused-ring (bicyclic) bond motifs is 3. The highest BCUT2D eigenvalue weighted by Gasteiger charge is 2.40. The van der Waals surface area contributed by atoms with E-state index in [-0.39, 0.29) is 40.9 Å². The number of benzene rings is 1. The van der Waals surface area contributed by atoms with E-state index >= 15 is 0 Å². The summed E-state index contributed by atoms with van der Waals surface area (Å²) in [6, 6.07) is 3.12. The van der Waals surface area contributed by atoms with Gasteiger partial charge in [-0.2, -0.15) is 22.0 Å². The van der Waals surface area contributed by atoms with Gasteiger partial charge >= 0.3 is 11.6 Å². The molecule has 10 heteroatoms. The van der Waals surface area contributed by atoms with Crippen LogP contribution in [-0.2, 0) is 6.18 Å². The number of nitrogens with zero attached hydrogens (tertiary/aromatic N) is 2. The van der Waals surface area contributed by atoms with Gasteiger partial charge in [0.15, 0.2) is 5.75 Å². The van der Waals surface area contributed by atoms with Crippen LogP contribution in [0.1, 0.15) is 32.8 Å². The van der Waals surface area contributed by atoms with Crippen molar-refractivity contribution < 1.29 is 31.4 Å². The number of halogens is 6. The zero-order valence-electron chi connectivity index (χ0n) is 16.0. The van der Waals surface area contributed by atoms with Gasteiger partial charge in [-0.3, -0.25) is 0 Å². The van der Waals surface area contributed by atoms with E-state index in [2.05, 4.69) is 4.98 Å². The van der Waals surface area contributed by atoms with Crippen molar-refractivity contribution in [2.75, 3.05) is 18.1 Å². The summed E-state index contributed by atoms with van der Waals surface area (Å²) in [5.41, 5.74) is -0.870. The number of alkyl halides is 6. The van der Waals surface area contributed by atoms with Gasteiger partial charge in [0.05, 0.1) is 40.8 Å². The molecular weight excluding hydrogens is 419 g/mol. The van der Waals surface area contributed by atoms with Crippen LogP contribution >= 0.6 is 11.6 Å². The van der Waals surface area contributed by atoms with E-state index in [0.29, 0.717) is 6.42 Å². The molecule has 0 N–H and O–H groups in total. The average Bonchev–Trinajstić information content (AvgIpc) is 2.58. The lowest BCUT2D eigenvalue weighted by Gasteiger charge is -2.39. The van der Waals surface area contributed by atoms with Gasteiger partial charge < -0.3 is 14.4 Å². The number of aromatic nitrogens is 1. The molecule has 2 aromatic rings. The lowest BCUT2D eigenvalue weighted by molar-refractivity contribution is -0.136. The van der Waals surface area contributed by atoms with Gasteiger partial charge in [0, 0.05) is 6.07 Å². The van der Waals surface area contributed by atoms with Gasteiger partial charge in [0.25, 0.3) is 0 Å². The predicted octanol–water partition coefficient (Wildman–Crippen LogP) is 5.85. The van der Waals surface area contributed by atoms with Gasteiger partial charge in [-0.15, -0.1) is 0 Å². The summed E-state index contributed by atoms with van der Waals surface area (Å²) in [4.78, 5) is 5.44. The molecule has 1 aliphatic rings. The van der Waals surface area contributed by atoms with Crippen LogP contribution in [0.3, 0.4) is 0 Å².